The number of ether oxygens (including phenoxy) is 1. The Balaban J connectivity index is 1.52. The van der Waals surface area contributed by atoms with E-state index < -0.39 is 16.6 Å². The lowest BCUT2D eigenvalue weighted by atomic mass is 10.2. The number of Topliss-reactive ketones (excluding diaryl/α,β-unsaturated/α-hetero) is 1. The maximum atomic E-state index is 12.9. The van der Waals surface area contributed by atoms with E-state index >= 15 is 0 Å². The third-order valence-electron chi connectivity index (χ3n) is 5.47. The van der Waals surface area contributed by atoms with Crippen LogP contribution in [0.5, 0.6) is 5.75 Å². The van der Waals surface area contributed by atoms with Crippen LogP contribution in [0.1, 0.15) is 22.8 Å². The smallest absolute Gasteiger partial charge is 0.387 e. The van der Waals surface area contributed by atoms with E-state index in [-0.39, 0.29) is 55.1 Å². The first-order valence-corrected chi connectivity index (χ1v) is 12.1. The third-order valence-corrected chi connectivity index (χ3v) is 7.38. The molecule has 1 heterocycles. The van der Waals surface area contributed by atoms with Gasteiger partial charge >= 0.3 is 6.61 Å². The van der Waals surface area contributed by atoms with E-state index in [1.54, 1.807) is 29.0 Å². The molecule has 2 aromatic rings. The van der Waals surface area contributed by atoms with Crippen LogP contribution in [0.3, 0.4) is 0 Å². The summed E-state index contributed by atoms with van der Waals surface area (Å²) in [7, 11) is -1.98. The number of likely N-dealkylation sites (N-methyl/N-ethyl adjacent to an activating group) is 1. The highest BCUT2D eigenvalue weighted by Crippen LogP contribution is 2.19. The Labute approximate surface area is 197 Å². The lowest BCUT2D eigenvalue weighted by Gasteiger charge is -2.34. The molecule has 1 fully saturated rings. The number of alkyl halides is 2. The standard InChI is InChI=1S/C23H27F2N3O5S/c1-17(29)19-6-8-21(9-7-19)34(31,32)28-12-10-27(11-13-28)22(30)16-26(2)15-18-4-3-5-20(14-18)33-23(24)25/h3-9,14,23H,10-13,15-16H2,1-2H3. The number of carbonyl (C=O) groups excluding carboxylic acids is 2. The highest BCUT2D eigenvalue weighted by atomic mass is 32.2. The van der Waals surface area contributed by atoms with Gasteiger partial charge in [0.1, 0.15) is 5.75 Å². The van der Waals surface area contributed by atoms with Gasteiger partial charge in [0.15, 0.2) is 5.78 Å². The molecule has 1 amide bonds. The number of hydrogen-bond donors (Lipinski definition) is 0. The molecule has 0 bridgehead atoms. The molecule has 0 spiro atoms. The molecular formula is C23H27F2N3O5S. The van der Waals surface area contributed by atoms with Crippen molar-refractivity contribution in [1.82, 2.24) is 14.1 Å². The number of piperazine rings is 1. The van der Waals surface area contributed by atoms with Gasteiger partial charge in [-0.3, -0.25) is 14.5 Å². The molecule has 11 heteroatoms. The van der Waals surface area contributed by atoms with Crippen molar-refractivity contribution in [2.75, 3.05) is 39.8 Å². The second-order valence-corrected chi connectivity index (χ2v) is 10.0. The molecule has 0 saturated carbocycles. The molecule has 0 unspecified atom stereocenters. The first-order valence-electron chi connectivity index (χ1n) is 10.7. The normalized spacial score (nSPS) is 15.1. The lowest BCUT2D eigenvalue weighted by Crippen LogP contribution is -2.52. The fourth-order valence-corrected chi connectivity index (χ4v) is 5.13. The minimum Gasteiger partial charge on any atom is -0.435 e. The first kappa shape index (κ1) is 25.7. The Morgan fingerprint density at radius 2 is 1.71 bits per heavy atom. The monoisotopic (exact) mass is 495 g/mol. The van der Waals surface area contributed by atoms with E-state index in [1.807, 2.05) is 0 Å². The number of nitrogens with zero attached hydrogens (tertiary/aromatic N) is 3. The van der Waals surface area contributed by atoms with Gasteiger partial charge in [0.2, 0.25) is 15.9 Å². The average molecular weight is 496 g/mol. The number of carbonyl (C=O) groups is 2. The minimum absolute atomic E-state index is 0.0560. The molecule has 0 N–H and O–H groups in total. The van der Waals surface area contributed by atoms with Crippen LogP contribution >= 0.6 is 0 Å². The third kappa shape index (κ3) is 6.58. The number of ketones is 1. The quantitative estimate of drug-likeness (QED) is 0.497. The molecule has 1 aliphatic rings. The van der Waals surface area contributed by atoms with Gasteiger partial charge in [-0.25, -0.2) is 8.42 Å². The van der Waals surface area contributed by atoms with E-state index in [1.165, 1.54) is 47.6 Å². The SMILES string of the molecule is CC(=O)c1ccc(S(=O)(=O)N2CCN(C(=O)CN(C)Cc3cccc(OC(F)F)c3)CC2)cc1. The topological polar surface area (TPSA) is 87.2 Å². The first-order chi connectivity index (χ1) is 16.1. The average Bonchev–Trinajstić information content (AvgIpc) is 2.79. The summed E-state index contributed by atoms with van der Waals surface area (Å²) >= 11 is 0. The van der Waals surface area contributed by atoms with Gasteiger partial charge in [-0.15, -0.1) is 0 Å². The Bertz CT molecular complexity index is 1120. The molecule has 1 saturated heterocycles. The summed E-state index contributed by atoms with van der Waals surface area (Å²) in [4.78, 5) is 27.6. The zero-order valence-corrected chi connectivity index (χ0v) is 19.8. The molecule has 0 aliphatic carbocycles. The Kier molecular flexibility index (Phi) is 8.34. The van der Waals surface area contributed by atoms with Crippen LogP contribution in [-0.4, -0.2) is 80.6 Å². The molecule has 0 aromatic heterocycles. The predicted octanol–water partition coefficient (Wildman–Crippen LogP) is 2.46. The van der Waals surface area contributed by atoms with Gasteiger partial charge in [-0.05, 0) is 43.8 Å². The van der Waals surface area contributed by atoms with Crippen molar-refractivity contribution in [1.29, 1.82) is 0 Å². The fourth-order valence-electron chi connectivity index (χ4n) is 3.71. The van der Waals surface area contributed by atoms with Crippen LogP contribution in [0.15, 0.2) is 53.4 Å². The van der Waals surface area contributed by atoms with Crippen LogP contribution in [0.4, 0.5) is 8.78 Å². The summed E-state index contributed by atoms with van der Waals surface area (Å²) in [5.74, 6) is -0.235. The summed E-state index contributed by atoms with van der Waals surface area (Å²) < 4.78 is 56.3. The molecule has 1 aliphatic heterocycles. The largest absolute Gasteiger partial charge is 0.435 e. The molecule has 8 nitrogen and oxygen atoms in total. The summed E-state index contributed by atoms with van der Waals surface area (Å²) in [6.45, 7) is -0.188. The van der Waals surface area contributed by atoms with Gasteiger partial charge in [-0.1, -0.05) is 24.3 Å². The molecule has 184 valence electrons. The zero-order chi connectivity index (χ0) is 24.9. The van der Waals surface area contributed by atoms with Crippen LogP contribution < -0.4 is 4.74 Å². The minimum atomic E-state index is -3.72. The van der Waals surface area contributed by atoms with E-state index in [0.717, 1.165) is 5.56 Å². The number of sulfonamides is 1. The van der Waals surface area contributed by atoms with Crippen molar-refractivity contribution >= 4 is 21.7 Å². The van der Waals surface area contributed by atoms with E-state index in [0.29, 0.717) is 12.1 Å². The zero-order valence-electron chi connectivity index (χ0n) is 19.0. The van der Waals surface area contributed by atoms with Gasteiger partial charge in [0.25, 0.3) is 0 Å². The number of amides is 1. The summed E-state index contributed by atoms with van der Waals surface area (Å²) in [5, 5.41) is 0. The summed E-state index contributed by atoms with van der Waals surface area (Å²) in [6, 6.07) is 12.1. The molecule has 34 heavy (non-hydrogen) atoms. The highest BCUT2D eigenvalue weighted by Gasteiger charge is 2.30. The Morgan fingerprint density at radius 3 is 2.29 bits per heavy atom. The number of halogens is 2. The van der Waals surface area contributed by atoms with Gasteiger partial charge in [-0.2, -0.15) is 13.1 Å². The Morgan fingerprint density at radius 1 is 1.06 bits per heavy atom. The van der Waals surface area contributed by atoms with Gasteiger partial charge < -0.3 is 9.64 Å². The van der Waals surface area contributed by atoms with Crippen molar-refractivity contribution in [3.05, 3.63) is 59.7 Å². The van der Waals surface area contributed by atoms with E-state index in [4.69, 9.17) is 0 Å². The van der Waals surface area contributed by atoms with E-state index in [2.05, 4.69) is 4.74 Å². The molecule has 2 aromatic carbocycles. The molecular weight excluding hydrogens is 468 g/mol. The van der Waals surface area contributed by atoms with Crippen molar-refractivity contribution in [2.45, 2.75) is 25.0 Å². The lowest BCUT2D eigenvalue weighted by molar-refractivity contribution is -0.133. The van der Waals surface area contributed by atoms with Crippen LogP contribution in [0.25, 0.3) is 0 Å². The van der Waals surface area contributed by atoms with Crippen LogP contribution in [0, 0.1) is 0 Å². The van der Waals surface area contributed by atoms with Gasteiger partial charge in [0, 0.05) is 38.3 Å². The molecule has 0 radical (unpaired) electrons. The fraction of sp³-hybridized carbons (Fsp3) is 0.391. The maximum Gasteiger partial charge on any atom is 0.387 e. The van der Waals surface area contributed by atoms with Crippen molar-refractivity contribution in [3.8, 4) is 5.75 Å². The second-order valence-electron chi connectivity index (χ2n) is 8.06. The summed E-state index contributed by atoms with van der Waals surface area (Å²) in [5.41, 5.74) is 1.16. The van der Waals surface area contributed by atoms with Crippen molar-refractivity contribution in [3.63, 3.8) is 0 Å². The van der Waals surface area contributed by atoms with Gasteiger partial charge in [0.05, 0.1) is 11.4 Å². The van der Waals surface area contributed by atoms with Crippen LogP contribution in [-0.2, 0) is 21.4 Å². The second kappa shape index (κ2) is 11.0. The predicted molar refractivity (Wildman–Crippen MR) is 121 cm³/mol. The van der Waals surface area contributed by atoms with Crippen molar-refractivity contribution < 1.29 is 31.5 Å². The number of rotatable bonds is 9. The number of benzene rings is 2. The summed E-state index contributed by atoms with van der Waals surface area (Å²) in [6.07, 6.45) is 0. The molecule has 3 rings (SSSR count). The number of hydrogen-bond acceptors (Lipinski definition) is 6. The van der Waals surface area contributed by atoms with Crippen LogP contribution in [0.2, 0.25) is 0 Å². The molecule has 0 atom stereocenters. The Hall–Kier alpha value is -2.89. The maximum absolute atomic E-state index is 12.9. The highest BCUT2D eigenvalue weighted by molar-refractivity contribution is 7.89. The van der Waals surface area contributed by atoms with E-state index in [9.17, 15) is 26.8 Å². The van der Waals surface area contributed by atoms with Crippen molar-refractivity contribution in [2.24, 2.45) is 0 Å².